The van der Waals surface area contributed by atoms with Gasteiger partial charge in [0.2, 0.25) is 0 Å². The zero-order chi connectivity index (χ0) is 9.56. The second kappa shape index (κ2) is 5.19. The molecule has 0 aliphatic heterocycles. The van der Waals surface area contributed by atoms with Gasteiger partial charge in [-0.1, -0.05) is 24.3 Å². The highest BCUT2D eigenvalue weighted by atomic mass is 14.5. The van der Waals surface area contributed by atoms with Crippen molar-refractivity contribution in [2.24, 2.45) is 0 Å². The highest BCUT2D eigenvalue weighted by Gasteiger charge is 1.90. The van der Waals surface area contributed by atoms with Gasteiger partial charge in [-0.05, 0) is 24.6 Å². The van der Waals surface area contributed by atoms with Crippen LogP contribution in [0.15, 0.2) is 44.0 Å². The Morgan fingerprint density at radius 1 is 1.33 bits per heavy atom. The third kappa shape index (κ3) is 3.06. The van der Waals surface area contributed by atoms with Gasteiger partial charge in [-0.15, -0.1) is 13.2 Å². The Balaban J connectivity index is 0.000000561. The van der Waals surface area contributed by atoms with Gasteiger partial charge in [0.1, 0.15) is 0 Å². The number of benzene rings is 1. The maximum atomic E-state index is 5.56. The molecule has 1 aromatic rings. The molecule has 0 aliphatic carbocycles. The van der Waals surface area contributed by atoms with E-state index in [9.17, 15) is 0 Å². The number of rotatable bonds is 1. The molecule has 1 rings (SSSR count). The van der Waals surface area contributed by atoms with Crippen LogP contribution in [0.2, 0.25) is 0 Å². The number of allylic oxidation sites excluding steroid dienone is 1. The van der Waals surface area contributed by atoms with E-state index in [0.29, 0.717) is 0 Å². The first kappa shape index (κ1) is 10.5. The standard InChI is InChI=1S/C9H11N.C2H4/c1-7(2)8-4-3-5-9(10)6-8;1-2/h3-6H,1,10H2,2H3;1-2H2. The maximum absolute atomic E-state index is 5.56. The molecule has 1 aromatic carbocycles. The summed E-state index contributed by atoms with van der Waals surface area (Å²) in [5.41, 5.74) is 8.51. The van der Waals surface area contributed by atoms with Crippen molar-refractivity contribution in [3.63, 3.8) is 0 Å². The lowest BCUT2D eigenvalue weighted by molar-refractivity contribution is 1.58. The summed E-state index contributed by atoms with van der Waals surface area (Å²) in [5, 5.41) is 0. The molecule has 0 aliphatic rings. The van der Waals surface area contributed by atoms with Crippen LogP contribution in [-0.2, 0) is 0 Å². The molecule has 0 heterocycles. The number of nitrogen functional groups attached to an aromatic ring is 1. The first-order valence-corrected chi connectivity index (χ1v) is 3.71. The van der Waals surface area contributed by atoms with E-state index in [1.807, 2.05) is 31.2 Å². The summed E-state index contributed by atoms with van der Waals surface area (Å²) < 4.78 is 0. The lowest BCUT2D eigenvalue weighted by Crippen LogP contribution is -1.85. The zero-order valence-electron chi connectivity index (χ0n) is 7.51. The Hall–Kier alpha value is -1.50. The van der Waals surface area contributed by atoms with Gasteiger partial charge in [0.05, 0.1) is 0 Å². The van der Waals surface area contributed by atoms with Gasteiger partial charge in [-0.2, -0.15) is 0 Å². The van der Waals surface area contributed by atoms with E-state index in [1.54, 1.807) is 0 Å². The molecule has 0 saturated heterocycles. The summed E-state index contributed by atoms with van der Waals surface area (Å²) in [7, 11) is 0. The molecule has 0 spiro atoms. The molecule has 0 saturated carbocycles. The summed E-state index contributed by atoms with van der Waals surface area (Å²) in [5.74, 6) is 0. The Morgan fingerprint density at radius 2 is 1.92 bits per heavy atom. The van der Waals surface area contributed by atoms with Crippen molar-refractivity contribution in [3.8, 4) is 0 Å². The second-order valence-corrected chi connectivity index (χ2v) is 2.41. The van der Waals surface area contributed by atoms with Gasteiger partial charge in [0.15, 0.2) is 0 Å². The molecule has 1 nitrogen and oxygen atoms in total. The minimum Gasteiger partial charge on any atom is -0.399 e. The van der Waals surface area contributed by atoms with Crippen molar-refractivity contribution in [1.82, 2.24) is 0 Å². The van der Waals surface area contributed by atoms with Crippen LogP contribution in [0.1, 0.15) is 12.5 Å². The van der Waals surface area contributed by atoms with Crippen LogP contribution >= 0.6 is 0 Å². The minimum absolute atomic E-state index is 0.792. The van der Waals surface area contributed by atoms with Crippen LogP contribution in [0.5, 0.6) is 0 Å². The molecule has 12 heavy (non-hydrogen) atoms. The monoisotopic (exact) mass is 161 g/mol. The molecule has 64 valence electrons. The average Bonchev–Trinajstić information content (AvgIpc) is 2.08. The van der Waals surface area contributed by atoms with Gasteiger partial charge in [0.25, 0.3) is 0 Å². The Bertz CT molecular complexity index is 263. The molecule has 2 N–H and O–H groups in total. The molecular formula is C11H15N. The maximum Gasteiger partial charge on any atom is 0.0320 e. The van der Waals surface area contributed by atoms with Crippen molar-refractivity contribution in [2.45, 2.75) is 6.92 Å². The van der Waals surface area contributed by atoms with Gasteiger partial charge >= 0.3 is 0 Å². The van der Waals surface area contributed by atoms with E-state index >= 15 is 0 Å². The molecule has 0 aromatic heterocycles. The fourth-order valence-corrected chi connectivity index (χ4v) is 0.804. The van der Waals surface area contributed by atoms with Crippen LogP contribution < -0.4 is 5.73 Å². The van der Waals surface area contributed by atoms with E-state index in [-0.39, 0.29) is 0 Å². The topological polar surface area (TPSA) is 26.0 Å². The van der Waals surface area contributed by atoms with Crippen LogP contribution in [0.4, 0.5) is 5.69 Å². The Morgan fingerprint density at radius 3 is 2.25 bits per heavy atom. The number of hydrogen-bond donors (Lipinski definition) is 1. The lowest BCUT2D eigenvalue weighted by Gasteiger charge is -1.98. The summed E-state index contributed by atoms with van der Waals surface area (Å²) in [4.78, 5) is 0. The molecule has 0 amide bonds. The van der Waals surface area contributed by atoms with Gasteiger partial charge in [-0.3, -0.25) is 0 Å². The summed E-state index contributed by atoms with van der Waals surface area (Å²) in [6, 6.07) is 7.72. The minimum atomic E-state index is 0.792. The third-order valence-corrected chi connectivity index (χ3v) is 1.38. The van der Waals surface area contributed by atoms with Gasteiger partial charge < -0.3 is 5.73 Å². The smallest absolute Gasteiger partial charge is 0.0320 e. The number of hydrogen-bond acceptors (Lipinski definition) is 1. The highest BCUT2D eigenvalue weighted by Crippen LogP contribution is 2.13. The molecule has 1 heteroatoms. The van der Waals surface area contributed by atoms with Gasteiger partial charge in [-0.25, -0.2) is 0 Å². The van der Waals surface area contributed by atoms with E-state index in [0.717, 1.165) is 16.8 Å². The fraction of sp³-hybridized carbons (Fsp3) is 0.0909. The molecule has 0 fully saturated rings. The van der Waals surface area contributed by atoms with Crippen molar-refractivity contribution in [2.75, 3.05) is 5.73 Å². The lowest BCUT2D eigenvalue weighted by atomic mass is 10.1. The highest BCUT2D eigenvalue weighted by molar-refractivity contribution is 5.64. The Kier molecular flexibility index (Phi) is 4.54. The van der Waals surface area contributed by atoms with Crippen molar-refractivity contribution >= 4 is 11.3 Å². The second-order valence-electron chi connectivity index (χ2n) is 2.41. The predicted molar refractivity (Wildman–Crippen MR) is 56.8 cm³/mol. The van der Waals surface area contributed by atoms with E-state index in [4.69, 9.17) is 5.73 Å². The predicted octanol–water partition coefficient (Wildman–Crippen LogP) is 3.10. The largest absolute Gasteiger partial charge is 0.399 e. The first-order chi connectivity index (χ1) is 5.70. The zero-order valence-corrected chi connectivity index (χ0v) is 7.51. The summed E-state index contributed by atoms with van der Waals surface area (Å²) >= 11 is 0. The van der Waals surface area contributed by atoms with Gasteiger partial charge in [0, 0.05) is 5.69 Å². The van der Waals surface area contributed by atoms with Crippen LogP contribution in [0.3, 0.4) is 0 Å². The third-order valence-electron chi connectivity index (χ3n) is 1.38. The fourth-order valence-electron chi connectivity index (χ4n) is 0.804. The quantitative estimate of drug-likeness (QED) is 0.497. The summed E-state index contributed by atoms with van der Waals surface area (Å²) in [6.45, 7) is 11.8. The van der Waals surface area contributed by atoms with Crippen molar-refractivity contribution in [1.29, 1.82) is 0 Å². The van der Waals surface area contributed by atoms with Crippen LogP contribution in [0, 0.1) is 0 Å². The van der Waals surface area contributed by atoms with Crippen molar-refractivity contribution < 1.29 is 0 Å². The number of anilines is 1. The van der Waals surface area contributed by atoms with E-state index in [1.165, 1.54) is 0 Å². The van der Waals surface area contributed by atoms with Crippen molar-refractivity contribution in [3.05, 3.63) is 49.6 Å². The molecule has 0 radical (unpaired) electrons. The molecule has 0 bridgehead atoms. The normalized spacial score (nSPS) is 8.08. The van der Waals surface area contributed by atoms with E-state index < -0.39 is 0 Å². The van der Waals surface area contributed by atoms with E-state index in [2.05, 4.69) is 19.7 Å². The van der Waals surface area contributed by atoms with Crippen LogP contribution in [-0.4, -0.2) is 0 Å². The molecular weight excluding hydrogens is 146 g/mol. The SMILES string of the molecule is C=C.C=C(C)c1cccc(N)c1. The molecule has 0 unspecified atom stereocenters. The first-order valence-electron chi connectivity index (χ1n) is 3.71. The average molecular weight is 161 g/mol. The number of nitrogens with two attached hydrogens (primary N) is 1. The summed E-state index contributed by atoms with van der Waals surface area (Å²) in [6.07, 6.45) is 0. The molecule has 0 atom stereocenters. The Labute approximate surface area is 74.2 Å². The van der Waals surface area contributed by atoms with Crippen LogP contribution in [0.25, 0.3) is 5.57 Å².